The third-order valence-corrected chi connectivity index (χ3v) is 4.41. The van der Waals surface area contributed by atoms with E-state index in [0.717, 1.165) is 31.1 Å². The zero-order valence-electron chi connectivity index (χ0n) is 12.8. The monoisotopic (exact) mass is 314 g/mol. The van der Waals surface area contributed by atoms with E-state index in [1.165, 1.54) is 17.2 Å². The average Bonchev–Trinajstić information content (AvgIpc) is 2.40. The van der Waals surface area contributed by atoms with E-state index in [-0.39, 0.29) is 34.5 Å². The molecule has 5 heteroatoms. The molecule has 0 saturated heterocycles. The summed E-state index contributed by atoms with van der Waals surface area (Å²) in [5.41, 5.74) is 2.43. The summed E-state index contributed by atoms with van der Waals surface area (Å²) < 4.78 is 34.1. The first-order valence-corrected chi connectivity index (χ1v) is 8.39. The molecule has 0 aliphatic carbocycles. The summed E-state index contributed by atoms with van der Waals surface area (Å²) in [6.45, 7) is 4.22. The van der Waals surface area contributed by atoms with Crippen molar-refractivity contribution in [2.75, 3.05) is 0 Å². The van der Waals surface area contributed by atoms with Gasteiger partial charge in [0.1, 0.15) is 10.1 Å². The number of aryl methyl sites for hydroxylation is 2. The fraction of sp³-hybridized carbons (Fsp3) is 0.375. The van der Waals surface area contributed by atoms with E-state index >= 15 is 0 Å². The molecule has 3 nitrogen and oxygen atoms in total. The molecule has 21 heavy (non-hydrogen) atoms. The second-order valence-electron chi connectivity index (χ2n) is 5.01. The second-order valence-corrected chi connectivity index (χ2v) is 6.36. The van der Waals surface area contributed by atoms with Crippen molar-refractivity contribution in [3.8, 4) is 0 Å². The normalized spacial score (nSPS) is 11.4. The standard InChI is InChI=1S/C16H20O3S.Na/c1-3-6-12-10-11-15-14(13(12)7-4-2)8-5-9-16(15)20(17,18)19;/h5,8-11H,3-4,6-7H2,1-2H3,(H,17,18,19);/q;+1/p-1. The van der Waals surface area contributed by atoms with Gasteiger partial charge in [-0.2, -0.15) is 0 Å². The van der Waals surface area contributed by atoms with Crippen molar-refractivity contribution in [2.24, 2.45) is 0 Å². The van der Waals surface area contributed by atoms with Crippen LogP contribution in [0.1, 0.15) is 37.8 Å². The van der Waals surface area contributed by atoms with Gasteiger partial charge in [0.25, 0.3) is 0 Å². The van der Waals surface area contributed by atoms with Crippen LogP contribution in [0.5, 0.6) is 0 Å². The Bertz CT molecular complexity index is 724. The molecular formula is C16H19NaO3S. The Morgan fingerprint density at radius 1 is 0.952 bits per heavy atom. The number of hydrogen-bond acceptors (Lipinski definition) is 3. The van der Waals surface area contributed by atoms with E-state index in [9.17, 15) is 13.0 Å². The van der Waals surface area contributed by atoms with Gasteiger partial charge in [-0.3, -0.25) is 0 Å². The molecule has 0 aliphatic heterocycles. The van der Waals surface area contributed by atoms with Gasteiger partial charge in [-0.1, -0.05) is 51.0 Å². The van der Waals surface area contributed by atoms with Crippen molar-refractivity contribution < 1.29 is 42.5 Å². The maximum absolute atomic E-state index is 11.4. The van der Waals surface area contributed by atoms with Crippen LogP contribution in [0.15, 0.2) is 35.2 Å². The minimum absolute atomic E-state index is 0. The summed E-state index contributed by atoms with van der Waals surface area (Å²) in [6, 6.07) is 8.69. The van der Waals surface area contributed by atoms with Crippen molar-refractivity contribution in [3.63, 3.8) is 0 Å². The van der Waals surface area contributed by atoms with Crippen molar-refractivity contribution in [3.05, 3.63) is 41.5 Å². The molecule has 0 saturated carbocycles. The van der Waals surface area contributed by atoms with Crippen LogP contribution in [0.4, 0.5) is 0 Å². The van der Waals surface area contributed by atoms with E-state index in [0.29, 0.717) is 5.39 Å². The molecule has 0 amide bonds. The van der Waals surface area contributed by atoms with Gasteiger partial charge in [-0.15, -0.1) is 0 Å². The van der Waals surface area contributed by atoms with Gasteiger partial charge in [0.15, 0.2) is 0 Å². The SMILES string of the molecule is CCCc1ccc2c(S(=O)(=O)[O-])cccc2c1CCC.[Na+]. The van der Waals surface area contributed by atoms with E-state index in [4.69, 9.17) is 0 Å². The van der Waals surface area contributed by atoms with E-state index < -0.39 is 10.1 Å². The van der Waals surface area contributed by atoms with Crippen molar-refractivity contribution in [1.29, 1.82) is 0 Å². The largest absolute Gasteiger partial charge is 1.00 e. The average molecular weight is 314 g/mol. The van der Waals surface area contributed by atoms with Crippen LogP contribution < -0.4 is 29.6 Å². The smallest absolute Gasteiger partial charge is 0.744 e. The maximum Gasteiger partial charge on any atom is 1.00 e. The van der Waals surface area contributed by atoms with E-state index in [1.807, 2.05) is 12.1 Å². The molecular weight excluding hydrogens is 295 g/mol. The molecule has 2 rings (SSSR count). The van der Waals surface area contributed by atoms with Gasteiger partial charge in [0, 0.05) is 0 Å². The van der Waals surface area contributed by atoms with Gasteiger partial charge >= 0.3 is 29.6 Å². The zero-order chi connectivity index (χ0) is 14.8. The maximum atomic E-state index is 11.4. The predicted octanol–water partition coefficient (Wildman–Crippen LogP) is 0.653. The van der Waals surface area contributed by atoms with Crippen LogP contribution in [0.3, 0.4) is 0 Å². The minimum Gasteiger partial charge on any atom is -0.744 e. The summed E-state index contributed by atoms with van der Waals surface area (Å²) >= 11 is 0. The van der Waals surface area contributed by atoms with E-state index in [2.05, 4.69) is 13.8 Å². The van der Waals surface area contributed by atoms with Crippen LogP contribution in [0.25, 0.3) is 10.8 Å². The summed E-state index contributed by atoms with van der Waals surface area (Å²) in [5, 5.41) is 1.44. The fourth-order valence-corrected chi connectivity index (χ4v) is 3.40. The fourth-order valence-electron chi connectivity index (χ4n) is 2.70. The first-order valence-electron chi connectivity index (χ1n) is 6.98. The molecule has 0 fully saturated rings. The molecule has 0 radical (unpaired) electrons. The molecule has 0 aliphatic rings. The predicted molar refractivity (Wildman–Crippen MR) is 79.9 cm³/mol. The summed E-state index contributed by atoms with van der Waals surface area (Å²) in [5.74, 6) is 0. The number of benzene rings is 2. The Balaban J connectivity index is 0.00000220. The summed E-state index contributed by atoms with van der Waals surface area (Å²) in [7, 11) is -4.44. The Morgan fingerprint density at radius 3 is 2.19 bits per heavy atom. The molecule has 0 atom stereocenters. The molecule has 0 bridgehead atoms. The minimum atomic E-state index is -4.44. The van der Waals surface area contributed by atoms with Crippen molar-refractivity contribution in [1.82, 2.24) is 0 Å². The summed E-state index contributed by atoms with van der Waals surface area (Å²) in [4.78, 5) is -0.115. The van der Waals surface area contributed by atoms with Crippen LogP contribution >= 0.6 is 0 Å². The quantitative estimate of drug-likeness (QED) is 0.601. The Hall–Kier alpha value is -0.390. The van der Waals surface area contributed by atoms with Gasteiger partial charge < -0.3 is 4.55 Å². The van der Waals surface area contributed by atoms with Gasteiger partial charge in [0.2, 0.25) is 0 Å². The molecule has 0 N–H and O–H groups in total. The van der Waals surface area contributed by atoms with Crippen LogP contribution in [0.2, 0.25) is 0 Å². The first kappa shape index (κ1) is 18.7. The Morgan fingerprint density at radius 2 is 1.62 bits per heavy atom. The second kappa shape index (κ2) is 7.75. The van der Waals surface area contributed by atoms with E-state index in [1.54, 1.807) is 12.1 Å². The van der Waals surface area contributed by atoms with Crippen molar-refractivity contribution >= 4 is 20.9 Å². The van der Waals surface area contributed by atoms with Gasteiger partial charge in [-0.05, 0) is 40.8 Å². The molecule has 2 aromatic carbocycles. The molecule has 0 unspecified atom stereocenters. The first-order chi connectivity index (χ1) is 9.49. The van der Waals surface area contributed by atoms with Crippen LogP contribution in [-0.2, 0) is 23.0 Å². The van der Waals surface area contributed by atoms with Gasteiger partial charge in [-0.25, -0.2) is 8.42 Å². The molecule has 0 heterocycles. The van der Waals surface area contributed by atoms with Crippen LogP contribution in [0, 0.1) is 0 Å². The Kier molecular flexibility index (Phi) is 6.88. The molecule has 0 spiro atoms. The van der Waals surface area contributed by atoms with Gasteiger partial charge in [0.05, 0.1) is 4.90 Å². The summed E-state index contributed by atoms with van der Waals surface area (Å²) in [6.07, 6.45) is 3.90. The molecule has 2 aromatic rings. The third-order valence-electron chi connectivity index (χ3n) is 3.52. The number of hydrogen-bond donors (Lipinski definition) is 0. The molecule has 0 aromatic heterocycles. The topological polar surface area (TPSA) is 57.2 Å². The van der Waals surface area contributed by atoms with Crippen LogP contribution in [-0.4, -0.2) is 13.0 Å². The third kappa shape index (κ3) is 4.08. The zero-order valence-corrected chi connectivity index (χ0v) is 15.7. The molecule has 108 valence electrons. The van der Waals surface area contributed by atoms with Crippen molar-refractivity contribution in [2.45, 2.75) is 44.4 Å². The Labute approximate surface area is 148 Å². The number of fused-ring (bicyclic) bond motifs is 1. The number of rotatable bonds is 5.